The molecular formula is C7H10O3. The van der Waals surface area contributed by atoms with Gasteiger partial charge in [0.1, 0.15) is 11.7 Å². The molecule has 0 saturated carbocycles. The van der Waals surface area contributed by atoms with Gasteiger partial charge in [-0.3, -0.25) is 9.59 Å². The van der Waals surface area contributed by atoms with Crippen molar-refractivity contribution >= 4 is 11.8 Å². The molecule has 0 unspecified atom stereocenters. The second-order valence-corrected chi connectivity index (χ2v) is 2.33. The van der Waals surface area contributed by atoms with Crippen LogP contribution in [-0.4, -0.2) is 18.4 Å². The summed E-state index contributed by atoms with van der Waals surface area (Å²) in [7, 11) is 0. The SMILES string of the molecule is CCC(=O)[C@H]1CCOC1=O. The largest absolute Gasteiger partial charge is 0.465 e. The van der Waals surface area contributed by atoms with Gasteiger partial charge in [0, 0.05) is 12.8 Å². The third kappa shape index (κ3) is 1.17. The van der Waals surface area contributed by atoms with Gasteiger partial charge in [0.25, 0.3) is 0 Å². The first-order valence-electron chi connectivity index (χ1n) is 3.45. The normalized spacial score (nSPS) is 24.5. The van der Waals surface area contributed by atoms with E-state index in [-0.39, 0.29) is 11.8 Å². The second kappa shape index (κ2) is 2.82. The molecule has 0 aliphatic carbocycles. The Kier molecular flexibility index (Phi) is 2.04. The molecule has 1 saturated heterocycles. The fraction of sp³-hybridized carbons (Fsp3) is 0.714. The monoisotopic (exact) mass is 142 g/mol. The van der Waals surface area contributed by atoms with Crippen LogP contribution in [-0.2, 0) is 14.3 Å². The van der Waals surface area contributed by atoms with Crippen LogP contribution in [0.15, 0.2) is 0 Å². The number of carbonyl (C=O) groups is 2. The Hall–Kier alpha value is -0.860. The molecule has 0 bridgehead atoms. The molecule has 1 aliphatic rings. The Balaban J connectivity index is 2.55. The molecule has 56 valence electrons. The lowest BCUT2D eigenvalue weighted by Crippen LogP contribution is -2.17. The van der Waals surface area contributed by atoms with Crippen molar-refractivity contribution in [2.75, 3.05) is 6.61 Å². The van der Waals surface area contributed by atoms with Gasteiger partial charge in [0.2, 0.25) is 0 Å². The smallest absolute Gasteiger partial charge is 0.316 e. The first kappa shape index (κ1) is 7.25. The molecule has 0 N–H and O–H groups in total. The fourth-order valence-electron chi connectivity index (χ4n) is 1.03. The Bertz CT molecular complexity index is 162. The van der Waals surface area contributed by atoms with Crippen LogP contribution in [0.2, 0.25) is 0 Å². The molecule has 3 heteroatoms. The van der Waals surface area contributed by atoms with E-state index < -0.39 is 5.92 Å². The molecule has 1 rings (SSSR count). The van der Waals surface area contributed by atoms with Crippen molar-refractivity contribution in [1.29, 1.82) is 0 Å². The van der Waals surface area contributed by atoms with E-state index in [0.717, 1.165) is 0 Å². The molecule has 1 aliphatic heterocycles. The van der Waals surface area contributed by atoms with Crippen LogP contribution < -0.4 is 0 Å². The van der Waals surface area contributed by atoms with Gasteiger partial charge < -0.3 is 4.74 Å². The van der Waals surface area contributed by atoms with E-state index in [1.54, 1.807) is 6.92 Å². The van der Waals surface area contributed by atoms with Gasteiger partial charge >= 0.3 is 5.97 Å². The predicted molar refractivity (Wildman–Crippen MR) is 34.4 cm³/mol. The van der Waals surface area contributed by atoms with E-state index in [1.807, 2.05) is 0 Å². The quantitative estimate of drug-likeness (QED) is 0.417. The zero-order chi connectivity index (χ0) is 7.56. The molecule has 0 aromatic rings. The maximum atomic E-state index is 10.9. The summed E-state index contributed by atoms with van der Waals surface area (Å²) >= 11 is 0. The summed E-state index contributed by atoms with van der Waals surface area (Å²) in [5.41, 5.74) is 0. The molecule has 1 atom stereocenters. The van der Waals surface area contributed by atoms with Crippen molar-refractivity contribution in [3.63, 3.8) is 0 Å². The number of ether oxygens (including phenoxy) is 1. The molecular weight excluding hydrogens is 132 g/mol. The maximum absolute atomic E-state index is 10.9. The molecule has 10 heavy (non-hydrogen) atoms. The molecule has 0 radical (unpaired) electrons. The number of Topliss-reactive ketones (excluding diaryl/α,β-unsaturated/α-hetero) is 1. The summed E-state index contributed by atoms with van der Waals surface area (Å²) in [6.07, 6.45) is 1.01. The van der Waals surface area contributed by atoms with Crippen LogP contribution in [0, 0.1) is 5.92 Å². The minimum absolute atomic E-state index is 0.00231. The Morgan fingerprint density at radius 1 is 1.80 bits per heavy atom. The minimum atomic E-state index is -0.454. The highest BCUT2D eigenvalue weighted by Gasteiger charge is 2.31. The van der Waals surface area contributed by atoms with E-state index >= 15 is 0 Å². The lowest BCUT2D eigenvalue weighted by atomic mass is 10.0. The van der Waals surface area contributed by atoms with Crippen molar-refractivity contribution in [2.45, 2.75) is 19.8 Å². The number of esters is 1. The van der Waals surface area contributed by atoms with Gasteiger partial charge in [-0.2, -0.15) is 0 Å². The Morgan fingerprint density at radius 2 is 2.50 bits per heavy atom. The number of ketones is 1. The van der Waals surface area contributed by atoms with Crippen molar-refractivity contribution in [3.8, 4) is 0 Å². The second-order valence-electron chi connectivity index (χ2n) is 2.33. The summed E-state index contributed by atoms with van der Waals surface area (Å²) in [5.74, 6) is -0.792. The third-order valence-corrected chi connectivity index (χ3v) is 1.67. The highest BCUT2D eigenvalue weighted by molar-refractivity contribution is 5.99. The van der Waals surface area contributed by atoms with Crippen LogP contribution in [0.3, 0.4) is 0 Å². The third-order valence-electron chi connectivity index (χ3n) is 1.67. The standard InChI is InChI=1S/C7H10O3/c1-2-6(8)5-3-4-10-7(5)9/h5H,2-4H2,1H3/t5-/m1/s1. The molecule has 3 nitrogen and oxygen atoms in total. The van der Waals surface area contributed by atoms with Crippen LogP contribution >= 0.6 is 0 Å². The van der Waals surface area contributed by atoms with E-state index in [1.165, 1.54) is 0 Å². The lowest BCUT2D eigenvalue weighted by molar-refractivity contribution is -0.144. The Morgan fingerprint density at radius 3 is 2.90 bits per heavy atom. The van der Waals surface area contributed by atoms with Gasteiger partial charge in [-0.1, -0.05) is 6.92 Å². The first-order chi connectivity index (χ1) is 4.75. The van der Waals surface area contributed by atoms with E-state index in [9.17, 15) is 9.59 Å². The Labute approximate surface area is 59.4 Å². The number of carbonyl (C=O) groups excluding carboxylic acids is 2. The lowest BCUT2D eigenvalue weighted by Gasteiger charge is -1.99. The topological polar surface area (TPSA) is 43.4 Å². The van der Waals surface area contributed by atoms with Crippen LogP contribution in [0.4, 0.5) is 0 Å². The summed E-state index contributed by atoms with van der Waals surface area (Å²) in [6, 6.07) is 0. The average molecular weight is 142 g/mol. The number of rotatable bonds is 2. The minimum Gasteiger partial charge on any atom is -0.465 e. The van der Waals surface area contributed by atoms with Gasteiger partial charge in [0.05, 0.1) is 6.61 Å². The molecule has 0 aromatic heterocycles. The van der Waals surface area contributed by atoms with E-state index in [2.05, 4.69) is 4.74 Å². The number of hydrogen-bond donors (Lipinski definition) is 0. The zero-order valence-corrected chi connectivity index (χ0v) is 5.92. The van der Waals surface area contributed by atoms with Crippen molar-refractivity contribution in [1.82, 2.24) is 0 Å². The van der Waals surface area contributed by atoms with Crippen LogP contribution in [0.25, 0.3) is 0 Å². The molecule has 1 fully saturated rings. The zero-order valence-electron chi connectivity index (χ0n) is 5.92. The first-order valence-corrected chi connectivity index (χ1v) is 3.45. The van der Waals surface area contributed by atoms with Crippen LogP contribution in [0.5, 0.6) is 0 Å². The summed E-state index contributed by atoms with van der Waals surface area (Å²) in [5, 5.41) is 0. The van der Waals surface area contributed by atoms with Crippen molar-refractivity contribution < 1.29 is 14.3 Å². The summed E-state index contributed by atoms with van der Waals surface area (Å²) in [6.45, 7) is 2.17. The van der Waals surface area contributed by atoms with Gasteiger partial charge in [-0.05, 0) is 0 Å². The molecule has 0 aromatic carbocycles. The fourth-order valence-corrected chi connectivity index (χ4v) is 1.03. The van der Waals surface area contributed by atoms with Crippen molar-refractivity contribution in [3.05, 3.63) is 0 Å². The maximum Gasteiger partial charge on any atom is 0.316 e. The van der Waals surface area contributed by atoms with Crippen LogP contribution in [0.1, 0.15) is 19.8 Å². The molecule has 0 amide bonds. The van der Waals surface area contributed by atoms with Gasteiger partial charge in [0.15, 0.2) is 0 Å². The summed E-state index contributed by atoms with van der Waals surface area (Å²) < 4.78 is 4.63. The summed E-state index contributed by atoms with van der Waals surface area (Å²) in [4.78, 5) is 21.7. The van der Waals surface area contributed by atoms with Gasteiger partial charge in [-0.15, -0.1) is 0 Å². The van der Waals surface area contributed by atoms with E-state index in [0.29, 0.717) is 19.4 Å². The highest BCUT2D eigenvalue weighted by atomic mass is 16.5. The predicted octanol–water partition coefficient (Wildman–Crippen LogP) is 0.529. The molecule has 1 heterocycles. The molecule has 0 spiro atoms. The number of hydrogen-bond acceptors (Lipinski definition) is 3. The highest BCUT2D eigenvalue weighted by Crippen LogP contribution is 2.16. The number of cyclic esters (lactones) is 1. The van der Waals surface area contributed by atoms with Crippen molar-refractivity contribution in [2.24, 2.45) is 5.92 Å². The van der Waals surface area contributed by atoms with Gasteiger partial charge in [-0.25, -0.2) is 0 Å². The van der Waals surface area contributed by atoms with E-state index in [4.69, 9.17) is 0 Å². The average Bonchev–Trinajstić information content (AvgIpc) is 2.34.